The van der Waals surface area contributed by atoms with Crippen molar-refractivity contribution in [1.29, 1.82) is 0 Å². The fourth-order valence-electron chi connectivity index (χ4n) is 2.97. The van der Waals surface area contributed by atoms with E-state index in [1.807, 2.05) is 56.3 Å². The zero-order valence-corrected chi connectivity index (χ0v) is 17.8. The number of anilines is 3. The van der Waals surface area contributed by atoms with Crippen molar-refractivity contribution in [2.24, 2.45) is 0 Å². The normalized spacial score (nSPS) is 14.0. The van der Waals surface area contributed by atoms with Gasteiger partial charge in [0.15, 0.2) is 5.82 Å². The number of nitrogens with zero attached hydrogens (tertiary/aromatic N) is 2. The molecule has 1 aromatic heterocycles. The van der Waals surface area contributed by atoms with Gasteiger partial charge in [0.05, 0.1) is 4.90 Å². The molecule has 0 saturated heterocycles. The van der Waals surface area contributed by atoms with Crippen molar-refractivity contribution in [1.82, 2.24) is 14.7 Å². The number of aromatic nitrogens is 2. The monoisotopic (exact) mass is 423 g/mol. The van der Waals surface area contributed by atoms with Crippen LogP contribution in [0.2, 0.25) is 0 Å². The Kier molecular flexibility index (Phi) is 5.69. The van der Waals surface area contributed by atoms with Gasteiger partial charge in [-0.1, -0.05) is 36.4 Å². The van der Waals surface area contributed by atoms with Crippen molar-refractivity contribution in [2.75, 3.05) is 10.6 Å². The van der Waals surface area contributed by atoms with Crippen molar-refractivity contribution in [3.63, 3.8) is 0 Å². The minimum absolute atomic E-state index is 0.0616. The molecule has 156 valence electrons. The molecule has 8 heteroatoms. The van der Waals surface area contributed by atoms with Gasteiger partial charge < -0.3 is 10.6 Å². The maximum atomic E-state index is 12.5. The van der Waals surface area contributed by atoms with Gasteiger partial charge >= 0.3 is 0 Å². The van der Waals surface area contributed by atoms with Gasteiger partial charge in [0, 0.05) is 29.4 Å². The summed E-state index contributed by atoms with van der Waals surface area (Å²) in [6.45, 7) is 4.08. The SMILES string of the molecule is CC(C)Nc1cc(Nc2cccc(S(=O)(=O)NC3CC3)c2)nc(-c2ccccc2)n1. The van der Waals surface area contributed by atoms with E-state index in [-0.39, 0.29) is 17.0 Å². The van der Waals surface area contributed by atoms with E-state index < -0.39 is 10.0 Å². The first-order valence-electron chi connectivity index (χ1n) is 9.99. The molecular weight excluding hydrogens is 398 g/mol. The molecule has 3 N–H and O–H groups in total. The molecule has 1 heterocycles. The number of rotatable bonds is 8. The zero-order valence-electron chi connectivity index (χ0n) is 17.0. The predicted octanol–water partition coefficient (Wildman–Crippen LogP) is 4.15. The highest BCUT2D eigenvalue weighted by molar-refractivity contribution is 7.89. The summed E-state index contributed by atoms with van der Waals surface area (Å²) in [4.78, 5) is 9.48. The van der Waals surface area contributed by atoms with E-state index in [1.54, 1.807) is 18.2 Å². The molecule has 0 radical (unpaired) electrons. The molecule has 30 heavy (non-hydrogen) atoms. The molecule has 0 atom stereocenters. The Balaban J connectivity index is 1.64. The van der Waals surface area contributed by atoms with Gasteiger partial charge in [-0.3, -0.25) is 0 Å². The lowest BCUT2D eigenvalue weighted by atomic mass is 10.2. The van der Waals surface area contributed by atoms with Crippen LogP contribution in [0.4, 0.5) is 17.3 Å². The third-order valence-corrected chi connectivity index (χ3v) is 6.03. The van der Waals surface area contributed by atoms with Crippen LogP contribution in [-0.4, -0.2) is 30.5 Å². The molecule has 3 aromatic rings. The molecule has 0 spiro atoms. The van der Waals surface area contributed by atoms with Crippen LogP contribution in [0.3, 0.4) is 0 Å². The van der Waals surface area contributed by atoms with E-state index in [1.165, 1.54) is 0 Å². The van der Waals surface area contributed by atoms with Crippen LogP contribution in [0, 0.1) is 0 Å². The molecule has 1 aliphatic rings. The molecule has 0 aliphatic heterocycles. The Morgan fingerprint density at radius 1 is 0.933 bits per heavy atom. The highest BCUT2D eigenvalue weighted by Gasteiger charge is 2.28. The Labute approximate surface area is 177 Å². The van der Waals surface area contributed by atoms with Gasteiger partial charge in [0.25, 0.3) is 0 Å². The predicted molar refractivity (Wildman–Crippen MR) is 119 cm³/mol. The number of benzene rings is 2. The molecule has 1 saturated carbocycles. The van der Waals surface area contributed by atoms with Crippen LogP contribution >= 0.6 is 0 Å². The van der Waals surface area contributed by atoms with Gasteiger partial charge in [-0.2, -0.15) is 0 Å². The third-order valence-electron chi connectivity index (χ3n) is 4.51. The number of sulfonamides is 1. The zero-order chi connectivity index (χ0) is 21.1. The van der Waals surface area contributed by atoms with Crippen LogP contribution in [-0.2, 0) is 10.0 Å². The largest absolute Gasteiger partial charge is 0.368 e. The highest BCUT2D eigenvalue weighted by atomic mass is 32.2. The maximum Gasteiger partial charge on any atom is 0.240 e. The van der Waals surface area contributed by atoms with Crippen molar-refractivity contribution >= 4 is 27.3 Å². The van der Waals surface area contributed by atoms with Crippen molar-refractivity contribution in [2.45, 2.75) is 43.7 Å². The van der Waals surface area contributed by atoms with Crippen LogP contribution in [0.25, 0.3) is 11.4 Å². The quantitative estimate of drug-likeness (QED) is 0.504. The Hall–Kier alpha value is -2.97. The van der Waals surface area contributed by atoms with Crippen LogP contribution in [0.1, 0.15) is 26.7 Å². The molecule has 0 amide bonds. The molecule has 7 nitrogen and oxygen atoms in total. The topological polar surface area (TPSA) is 96.0 Å². The molecule has 1 fully saturated rings. The standard InChI is InChI=1S/C22H25N5O2S/c1-15(2)23-20-14-21(26-22(25-20)16-7-4-3-5-8-16)24-18-9-6-10-19(13-18)30(28,29)27-17-11-12-17/h3-10,13-15,17,27H,11-12H2,1-2H3,(H2,23,24,25,26). The summed E-state index contributed by atoms with van der Waals surface area (Å²) in [7, 11) is -3.52. The third kappa shape index (κ3) is 5.14. The molecule has 4 rings (SSSR count). The lowest BCUT2D eigenvalue weighted by molar-refractivity contribution is 0.581. The average molecular weight is 424 g/mol. The van der Waals surface area contributed by atoms with E-state index in [0.29, 0.717) is 23.1 Å². The summed E-state index contributed by atoms with van der Waals surface area (Å²) in [5, 5.41) is 6.53. The summed E-state index contributed by atoms with van der Waals surface area (Å²) in [5.41, 5.74) is 1.54. The van der Waals surface area contributed by atoms with Crippen molar-refractivity contribution in [3.05, 3.63) is 60.7 Å². The summed E-state index contributed by atoms with van der Waals surface area (Å²) >= 11 is 0. The van der Waals surface area contributed by atoms with Crippen molar-refractivity contribution in [3.8, 4) is 11.4 Å². The van der Waals surface area contributed by atoms with Crippen LogP contribution < -0.4 is 15.4 Å². The molecule has 2 aromatic carbocycles. The molecule has 1 aliphatic carbocycles. The first kappa shape index (κ1) is 20.3. The van der Waals surface area contributed by atoms with Gasteiger partial charge in [-0.25, -0.2) is 23.1 Å². The minimum atomic E-state index is -3.52. The summed E-state index contributed by atoms with van der Waals surface area (Å²) in [6.07, 6.45) is 1.79. The molecule has 0 unspecified atom stereocenters. The summed E-state index contributed by atoms with van der Waals surface area (Å²) in [6, 6.07) is 18.6. The van der Waals surface area contributed by atoms with Gasteiger partial charge in [-0.15, -0.1) is 0 Å². The Bertz CT molecular complexity index is 1130. The van der Waals surface area contributed by atoms with Crippen LogP contribution in [0.15, 0.2) is 65.6 Å². The Morgan fingerprint density at radius 2 is 1.67 bits per heavy atom. The van der Waals surface area contributed by atoms with Gasteiger partial charge in [-0.05, 0) is 44.9 Å². The maximum absolute atomic E-state index is 12.5. The van der Waals surface area contributed by atoms with Crippen molar-refractivity contribution < 1.29 is 8.42 Å². The average Bonchev–Trinajstić information content (AvgIpc) is 3.51. The van der Waals surface area contributed by atoms with Crippen LogP contribution in [0.5, 0.6) is 0 Å². The van der Waals surface area contributed by atoms with E-state index >= 15 is 0 Å². The minimum Gasteiger partial charge on any atom is -0.368 e. The molecular formula is C22H25N5O2S. The highest BCUT2D eigenvalue weighted by Crippen LogP contribution is 2.26. The summed E-state index contributed by atoms with van der Waals surface area (Å²) in [5.74, 6) is 1.86. The number of hydrogen-bond acceptors (Lipinski definition) is 6. The second-order valence-electron chi connectivity index (χ2n) is 7.68. The smallest absolute Gasteiger partial charge is 0.240 e. The Morgan fingerprint density at radius 3 is 2.37 bits per heavy atom. The fraction of sp³-hybridized carbons (Fsp3) is 0.273. The van der Waals surface area contributed by atoms with Gasteiger partial charge in [0.2, 0.25) is 10.0 Å². The first-order chi connectivity index (χ1) is 14.4. The first-order valence-corrected chi connectivity index (χ1v) is 11.5. The second kappa shape index (κ2) is 8.41. The lowest BCUT2D eigenvalue weighted by Gasteiger charge is -2.14. The second-order valence-corrected chi connectivity index (χ2v) is 9.39. The summed E-state index contributed by atoms with van der Waals surface area (Å²) < 4.78 is 27.8. The van der Waals surface area contributed by atoms with Gasteiger partial charge in [0.1, 0.15) is 11.6 Å². The van der Waals surface area contributed by atoms with E-state index in [0.717, 1.165) is 18.4 Å². The fourth-order valence-corrected chi connectivity index (χ4v) is 4.33. The lowest BCUT2D eigenvalue weighted by Crippen LogP contribution is -2.25. The number of hydrogen-bond donors (Lipinski definition) is 3. The molecule has 0 bridgehead atoms. The van der Waals surface area contributed by atoms with E-state index in [2.05, 4.69) is 25.3 Å². The van der Waals surface area contributed by atoms with E-state index in [4.69, 9.17) is 0 Å². The number of nitrogens with one attached hydrogen (secondary N) is 3. The van der Waals surface area contributed by atoms with E-state index in [9.17, 15) is 8.42 Å².